The molecular weight excluding hydrogens is 340 g/mol. The molecule has 0 saturated carbocycles. The highest BCUT2D eigenvalue weighted by Crippen LogP contribution is 2.12. The molecule has 1 amide bonds. The number of aryl methyl sites for hydroxylation is 2. The van der Waals surface area contributed by atoms with E-state index in [1.807, 2.05) is 30.3 Å². The molecule has 1 aromatic heterocycles. The summed E-state index contributed by atoms with van der Waals surface area (Å²) in [4.78, 5) is 24.6. The standard InChI is InChI=1S/C21H24N4O2/c1-2-3-4-7-16-10-12-17(13-11-16)22-20(26)14-15-25-21(27)18-8-5-6-9-19(18)23-24-25/h5-6,8-13H,2-4,7,14-15H2,1H3,(H,22,26). The zero-order valence-electron chi connectivity index (χ0n) is 15.5. The first-order valence-electron chi connectivity index (χ1n) is 9.38. The number of hydrogen-bond donors (Lipinski definition) is 1. The van der Waals surface area contributed by atoms with E-state index in [-0.39, 0.29) is 24.4 Å². The quantitative estimate of drug-likeness (QED) is 0.620. The Balaban J connectivity index is 1.55. The predicted octanol–water partition coefficient (Wildman–Crippen LogP) is 3.55. The molecule has 1 heterocycles. The molecule has 0 aliphatic carbocycles. The second kappa shape index (κ2) is 9.07. The third-order valence-electron chi connectivity index (χ3n) is 4.49. The summed E-state index contributed by atoms with van der Waals surface area (Å²) in [5, 5.41) is 11.3. The topological polar surface area (TPSA) is 76.9 Å². The van der Waals surface area contributed by atoms with E-state index in [1.54, 1.807) is 18.2 Å². The average Bonchev–Trinajstić information content (AvgIpc) is 2.69. The van der Waals surface area contributed by atoms with Crippen molar-refractivity contribution in [2.75, 3.05) is 5.32 Å². The van der Waals surface area contributed by atoms with E-state index >= 15 is 0 Å². The van der Waals surface area contributed by atoms with Gasteiger partial charge in [-0.3, -0.25) is 9.59 Å². The van der Waals surface area contributed by atoms with Crippen LogP contribution in [0.5, 0.6) is 0 Å². The summed E-state index contributed by atoms with van der Waals surface area (Å²) < 4.78 is 1.23. The normalized spacial score (nSPS) is 10.9. The molecule has 3 rings (SSSR count). The van der Waals surface area contributed by atoms with Gasteiger partial charge in [-0.1, -0.05) is 49.2 Å². The molecule has 0 unspecified atom stereocenters. The minimum atomic E-state index is -0.232. The van der Waals surface area contributed by atoms with E-state index in [4.69, 9.17) is 0 Å². The predicted molar refractivity (Wildman–Crippen MR) is 107 cm³/mol. The minimum absolute atomic E-state index is 0.157. The van der Waals surface area contributed by atoms with Crippen molar-refractivity contribution in [3.63, 3.8) is 0 Å². The summed E-state index contributed by atoms with van der Waals surface area (Å²) in [5.74, 6) is -0.157. The third-order valence-corrected chi connectivity index (χ3v) is 4.49. The van der Waals surface area contributed by atoms with E-state index in [0.29, 0.717) is 10.9 Å². The van der Waals surface area contributed by atoms with Crippen LogP contribution in [0.15, 0.2) is 53.3 Å². The van der Waals surface area contributed by atoms with Crippen molar-refractivity contribution in [2.45, 2.75) is 45.6 Å². The number of benzene rings is 2. The first-order valence-corrected chi connectivity index (χ1v) is 9.38. The van der Waals surface area contributed by atoms with Crippen LogP contribution in [-0.2, 0) is 17.8 Å². The minimum Gasteiger partial charge on any atom is -0.326 e. The van der Waals surface area contributed by atoms with E-state index in [1.165, 1.54) is 29.5 Å². The number of unbranched alkanes of at least 4 members (excludes halogenated alkanes) is 2. The van der Waals surface area contributed by atoms with Crippen LogP contribution in [0, 0.1) is 0 Å². The van der Waals surface area contributed by atoms with Gasteiger partial charge < -0.3 is 5.32 Å². The Kier molecular flexibility index (Phi) is 6.30. The largest absolute Gasteiger partial charge is 0.326 e. The Morgan fingerprint density at radius 3 is 2.63 bits per heavy atom. The summed E-state index contributed by atoms with van der Waals surface area (Å²) in [6, 6.07) is 15.0. The van der Waals surface area contributed by atoms with Crippen LogP contribution in [0.25, 0.3) is 10.9 Å². The zero-order chi connectivity index (χ0) is 19.1. The Hall–Kier alpha value is -3.02. The summed E-state index contributed by atoms with van der Waals surface area (Å²) in [5.41, 5.74) is 2.36. The van der Waals surface area contributed by atoms with Gasteiger partial charge in [0.15, 0.2) is 0 Å². The van der Waals surface area contributed by atoms with Crippen LogP contribution in [0.4, 0.5) is 5.69 Å². The van der Waals surface area contributed by atoms with E-state index in [0.717, 1.165) is 12.1 Å². The number of nitrogens with zero attached hydrogens (tertiary/aromatic N) is 3. The van der Waals surface area contributed by atoms with Crippen molar-refractivity contribution in [2.24, 2.45) is 0 Å². The van der Waals surface area contributed by atoms with E-state index in [2.05, 4.69) is 22.6 Å². The Morgan fingerprint density at radius 1 is 1.07 bits per heavy atom. The lowest BCUT2D eigenvalue weighted by Crippen LogP contribution is -2.26. The van der Waals surface area contributed by atoms with Crippen molar-refractivity contribution in [1.82, 2.24) is 15.0 Å². The van der Waals surface area contributed by atoms with Crippen molar-refractivity contribution < 1.29 is 4.79 Å². The van der Waals surface area contributed by atoms with E-state index in [9.17, 15) is 9.59 Å². The number of carbonyl (C=O) groups excluding carboxylic acids is 1. The fraction of sp³-hybridized carbons (Fsp3) is 0.333. The SMILES string of the molecule is CCCCCc1ccc(NC(=O)CCn2nnc3ccccc3c2=O)cc1. The van der Waals surface area contributed by atoms with Gasteiger partial charge in [-0.05, 0) is 42.7 Å². The maximum atomic E-state index is 12.4. The lowest BCUT2D eigenvalue weighted by Gasteiger charge is -2.08. The molecule has 3 aromatic rings. The van der Waals surface area contributed by atoms with Crippen molar-refractivity contribution in [3.8, 4) is 0 Å². The molecule has 0 fully saturated rings. The number of rotatable bonds is 8. The molecule has 1 N–H and O–H groups in total. The van der Waals surface area contributed by atoms with Crippen molar-refractivity contribution in [1.29, 1.82) is 0 Å². The number of anilines is 1. The van der Waals surface area contributed by atoms with Crippen molar-refractivity contribution in [3.05, 3.63) is 64.4 Å². The highest BCUT2D eigenvalue weighted by Gasteiger charge is 2.08. The number of amides is 1. The lowest BCUT2D eigenvalue weighted by molar-refractivity contribution is -0.116. The molecule has 0 saturated heterocycles. The van der Waals surface area contributed by atoms with Gasteiger partial charge in [0.1, 0.15) is 5.52 Å². The van der Waals surface area contributed by atoms with Crippen LogP contribution < -0.4 is 10.9 Å². The molecule has 0 aliphatic heterocycles. The molecule has 0 atom stereocenters. The third kappa shape index (κ3) is 5.00. The monoisotopic (exact) mass is 364 g/mol. The number of nitrogens with one attached hydrogen (secondary N) is 1. The van der Waals surface area contributed by atoms with Gasteiger partial charge in [0.2, 0.25) is 5.91 Å². The smallest absolute Gasteiger partial charge is 0.277 e. The van der Waals surface area contributed by atoms with Gasteiger partial charge >= 0.3 is 0 Å². The average molecular weight is 364 g/mol. The maximum Gasteiger partial charge on any atom is 0.277 e. The van der Waals surface area contributed by atoms with Crippen LogP contribution >= 0.6 is 0 Å². The van der Waals surface area contributed by atoms with Crippen LogP contribution in [0.1, 0.15) is 38.2 Å². The second-order valence-corrected chi connectivity index (χ2v) is 6.59. The molecule has 140 valence electrons. The van der Waals surface area contributed by atoms with Crippen LogP contribution in [0.2, 0.25) is 0 Å². The molecule has 27 heavy (non-hydrogen) atoms. The fourth-order valence-electron chi connectivity index (χ4n) is 2.93. The zero-order valence-corrected chi connectivity index (χ0v) is 15.5. The summed E-state index contributed by atoms with van der Waals surface area (Å²) >= 11 is 0. The molecule has 0 aliphatic rings. The van der Waals surface area contributed by atoms with Crippen molar-refractivity contribution >= 4 is 22.5 Å². The Bertz CT molecular complexity index is 964. The molecule has 0 spiro atoms. The molecule has 6 nitrogen and oxygen atoms in total. The van der Waals surface area contributed by atoms with Crippen LogP contribution in [0.3, 0.4) is 0 Å². The fourth-order valence-corrected chi connectivity index (χ4v) is 2.93. The van der Waals surface area contributed by atoms with Gasteiger partial charge in [0, 0.05) is 12.1 Å². The number of hydrogen-bond acceptors (Lipinski definition) is 4. The number of fused-ring (bicyclic) bond motifs is 1. The first kappa shape index (κ1) is 18.8. The van der Waals surface area contributed by atoms with Gasteiger partial charge in [-0.15, -0.1) is 5.10 Å². The summed E-state index contributed by atoms with van der Waals surface area (Å²) in [7, 11) is 0. The van der Waals surface area contributed by atoms with Crippen LogP contribution in [-0.4, -0.2) is 20.9 Å². The first-order chi connectivity index (χ1) is 13.2. The lowest BCUT2D eigenvalue weighted by atomic mass is 10.1. The number of aromatic nitrogens is 3. The van der Waals surface area contributed by atoms with Gasteiger partial charge in [0.25, 0.3) is 5.56 Å². The Labute approximate surface area is 158 Å². The molecule has 6 heteroatoms. The van der Waals surface area contributed by atoms with Gasteiger partial charge in [-0.2, -0.15) is 0 Å². The molecule has 2 aromatic carbocycles. The molecule has 0 radical (unpaired) electrons. The number of carbonyl (C=O) groups is 1. The molecular formula is C21H24N4O2. The van der Waals surface area contributed by atoms with Gasteiger partial charge in [-0.25, -0.2) is 4.68 Å². The van der Waals surface area contributed by atoms with Gasteiger partial charge in [0.05, 0.1) is 11.9 Å². The Morgan fingerprint density at radius 2 is 1.85 bits per heavy atom. The second-order valence-electron chi connectivity index (χ2n) is 6.59. The summed E-state index contributed by atoms with van der Waals surface area (Å²) in [6.45, 7) is 2.38. The highest BCUT2D eigenvalue weighted by atomic mass is 16.2. The van der Waals surface area contributed by atoms with E-state index < -0.39 is 0 Å². The summed E-state index contributed by atoms with van der Waals surface area (Å²) in [6.07, 6.45) is 4.84. The highest BCUT2D eigenvalue weighted by molar-refractivity contribution is 5.90. The molecule has 0 bridgehead atoms. The maximum absolute atomic E-state index is 12.4.